The number of rotatable bonds is 4. The maximum atomic E-state index is 4.24. The smallest absolute Gasteiger partial charge is 0.0492 e. The van der Waals surface area contributed by atoms with Gasteiger partial charge in [-0.3, -0.25) is 4.68 Å². The lowest BCUT2D eigenvalue weighted by Crippen LogP contribution is -2.57. The van der Waals surface area contributed by atoms with E-state index >= 15 is 0 Å². The van der Waals surface area contributed by atoms with Crippen molar-refractivity contribution in [3.63, 3.8) is 0 Å². The van der Waals surface area contributed by atoms with Crippen LogP contribution in [0, 0.1) is 0 Å². The molecule has 19 heavy (non-hydrogen) atoms. The molecule has 2 heterocycles. The third kappa shape index (κ3) is 2.47. The zero-order valence-corrected chi connectivity index (χ0v) is 12.7. The number of benzene rings is 1. The van der Waals surface area contributed by atoms with Crippen LogP contribution in [0.15, 0.2) is 41.0 Å². The fraction of sp³-hybridized carbons (Fsp3) is 0.400. The molecule has 1 fully saturated rings. The summed E-state index contributed by atoms with van der Waals surface area (Å²) in [7, 11) is 2.01. The Morgan fingerprint density at radius 3 is 2.79 bits per heavy atom. The highest BCUT2D eigenvalue weighted by molar-refractivity contribution is 9.10. The molecular weight excluding hydrogens is 302 g/mol. The van der Waals surface area contributed by atoms with Crippen LogP contribution in [-0.2, 0) is 18.9 Å². The average molecular weight is 320 g/mol. The van der Waals surface area contributed by atoms with E-state index < -0.39 is 0 Å². The lowest BCUT2D eigenvalue weighted by Gasteiger charge is -2.43. The number of hydrogen-bond donors (Lipinski definition) is 1. The van der Waals surface area contributed by atoms with Crippen molar-refractivity contribution < 1.29 is 0 Å². The van der Waals surface area contributed by atoms with Gasteiger partial charge >= 0.3 is 0 Å². The number of aromatic nitrogens is 2. The standard InChI is InChI=1S/C15H18BrN3/c1-19-14(6-8-18-19)5-7-15(10-17-11-15)12-3-2-4-13(16)9-12/h2-4,6,8-9,17H,5,7,10-11H2,1H3. The second-order valence-corrected chi connectivity index (χ2v) is 6.26. The highest BCUT2D eigenvalue weighted by Crippen LogP contribution is 2.34. The van der Waals surface area contributed by atoms with Gasteiger partial charge in [0.15, 0.2) is 0 Å². The van der Waals surface area contributed by atoms with Gasteiger partial charge in [-0.05, 0) is 36.6 Å². The molecule has 4 heteroatoms. The van der Waals surface area contributed by atoms with Crippen molar-refractivity contribution in [2.75, 3.05) is 13.1 Å². The number of aryl methyl sites for hydroxylation is 2. The lowest BCUT2D eigenvalue weighted by atomic mass is 9.71. The van der Waals surface area contributed by atoms with Gasteiger partial charge in [-0.25, -0.2) is 0 Å². The van der Waals surface area contributed by atoms with Gasteiger partial charge < -0.3 is 5.32 Å². The molecule has 0 amide bonds. The Bertz CT molecular complexity index is 572. The first-order valence-corrected chi connectivity index (χ1v) is 7.43. The summed E-state index contributed by atoms with van der Waals surface area (Å²) in [5, 5.41) is 7.67. The van der Waals surface area contributed by atoms with Crippen molar-refractivity contribution in [3.8, 4) is 0 Å². The Morgan fingerprint density at radius 1 is 1.37 bits per heavy atom. The molecule has 1 N–H and O–H groups in total. The van der Waals surface area contributed by atoms with E-state index in [4.69, 9.17) is 0 Å². The normalized spacial score (nSPS) is 17.2. The molecule has 0 saturated carbocycles. The summed E-state index contributed by atoms with van der Waals surface area (Å²) < 4.78 is 3.14. The fourth-order valence-electron chi connectivity index (χ4n) is 2.78. The van der Waals surface area contributed by atoms with Gasteiger partial charge in [0.1, 0.15) is 0 Å². The minimum absolute atomic E-state index is 0.286. The molecule has 1 saturated heterocycles. The van der Waals surface area contributed by atoms with Crippen LogP contribution in [0.4, 0.5) is 0 Å². The van der Waals surface area contributed by atoms with Gasteiger partial charge in [-0.15, -0.1) is 0 Å². The Morgan fingerprint density at radius 2 is 2.21 bits per heavy atom. The van der Waals surface area contributed by atoms with Crippen LogP contribution >= 0.6 is 15.9 Å². The minimum atomic E-state index is 0.286. The molecule has 3 nitrogen and oxygen atoms in total. The van der Waals surface area contributed by atoms with E-state index in [-0.39, 0.29) is 5.41 Å². The molecular formula is C15H18BrN3. The number of nitrogens with zero attached hydrogens (tertiary/aromatic N) is 2. The molecule has 1 aromatic carbocycles. The van der Waals surface area contributed by atoms with Crippen LogP contribution in [0.3, 0.4) is 0 Å². The van der Waals surface area contributed by atoms with Gasteiger partial charge in [0.2, 0.25) is 0 Å². The number of hydrogen-bond acceptors (Lipinski definition) is 2. The zero-order chi connectivity index (χ0) is 13.3. The largest absolute Gasteiger partial charge is 0.315 e. The summed E-state index contributed by atoms with van der Waals surface area (Å²) in [5.74, 6) is 0. The van der Waals surface area contributed by atoms with Crippen molar-refractivity contribution >= 4 is 15.9 Å². The fourth-order valence-corrected chi connectivity index (χ4v) is 3.18. The lowest BCUT2D eigenvalue weighted by molar-refractivity contribution is 0.256. The third-order valence-corrected chi connectivity index (χ3v) is 4.64. The van der Waals surface area contributed by atoms with E-state index in [1.54, 1.807) is 0 Å². The molecule has 2 aromatic rings. The van der Waals surface area contributed by atoms with E-state index in [2.05, 4.69) is 56.7 Å². The van der Waals surface area contributed by atoms with Gasteiger partial charge in [0.05, 0.1) is 0 Å². The van der Waals surface area contributed by atoms with Gasteiger partial charge in [-0.1, -0.05) is 28.1 Å². The Balaban J connectivity index is 1.78. The van der Waals surface area contributed by atoms with E-state index in [1.165, 1.54) is 11.3 Å². The predicted molar refractivity (Wildman–Crippen MR) is 80.2 cm³/mol. The van der Waals surface area contributed by atoms with Crippen LogP contribution in [0.25, 0.3) is 0 Å². The molecule has 0 aliphatic carbocycles. The highest BCUT2D eigenvalue weighted by atomic mass is 79.9. The quantitative estimate of drug-likeness (QED) is 0.939. The topological polar surface area (TPSA) is 29.9 Å². The van der Waals surface area contributed by atoms with Crippen LogP contribution < -0.4 is 5.32 Å². The third-order valence-electron chi connectivity index (χ3n) is 4.15. The number of nitrogens with one attached hydrogen (secondary N) is 1. The minimum Gasteiger partial charge on any atom is -0.315 e. The molecule has 0 unspecified atom stereocenters. The van der Waals surface area contributed by atoms with Crippen LogP contribution in [-0.4, -0.2) is 22.9 Å². The van der Waals surface area contributed by atoms with E-state index in [0.717, 1.165) is 30.4 Å². The van der Waals surface area contributed by atoms with Crippen LogP contribution in [0.5, 0.6) is 0 Å². The SMILES string of the molecule is Cn1nccc1CCC1(c2cccc(Br)c2)CNC1. The molecule has 1 aliphatic heterocycles. The van der Waals surface area contributed by atoms with E-state index in [0.29, 0.717) is 0 Å². The summed E-state index contributed by atoms with van der Waals surface area (Å²) in [6, 6.07) is 10.8. The first-order chi connectivity index (χ1) is 9.20. The number of halogens is 1. The Hall–Kier alpha value is -1.13. The first-order valence-electron chi connectivity index (χ1n) is 6.63. The molecule has 3 rings (SSSR count). The molecule has 0 radical (unpaired) electrons. The summed E-state index contributed by atoms with van der Waals surface area (Å²) in [4.78, 5) is 0. The molecule has 0 spiro atoms. The molecule has 100 valence electrons. The van der Waals surface area contributed by atoms with Crippen LogP contribution in [0.1, 0.15) is 17.7 Å². The average Bonchev–Trinajstić information content (AvgIpc) is 2.74. The van der Waals surface area contributed by atoms with Gasteiger partial charge in [0.25, 0.3) is 0 Å². The molecule has 0 atom stereocenters. The second-order valence-electron chi connectivity index (χ2n) is 5.34. The van der Waals surface area contributed by atoms with E-state index in [1.807, 2.05) is 17.9 Å². The van der Waals surface area contributed by atoms with Gasteiger partial charge in [-0.2, -0.15) is 5.10 Å². The van der Waals surface area contributed by atoms with Crippen molar-refractivity contribution in [2.24, 2.45) is 7.05 Å². The summed E-state index contributed by atoms with van der Waals surface area (Å²) >= 11 is 3.57. The molecule has 0 bridgehead atoms. The second kappa shape index (κ2) is 5.10. The van der Waals surface area contributed by atoms with Crippen molar-refractivity contribution in [1.82, 2.24) is 15.1 Å². The molecule has 1 aromatic heterocycles. The summed E-state index contributed by atoms with van der Waals surface area (Å²) in [5.41, 5.74) is 3.03. The first kappa shape index (κ1) is 12.9. The Kier molecular flexibility index (Phi) is 3.46. The summed E-state index contributed by atoms with van der Waals surface area (Å²) in [6.07, 6.45) is 4.11. The van der Waals surface area contributed by atoms with Crippen molar-refractivity contribution in [3.05, 3.63) is 52.3 Å². The Labute approximate surface area is 122 Å². The monoisotopic (exact) mass is 319 g/mol. The molecule has 1 aliphatic rings. The van der Waals surface area contributed by atoms with E-state index in [9.17, 15) is 0 Å². The highest BCUT2D eigenvalue weighted by Gasteiger charge is 2.38. The maximum Gasteiger partial charge on any atom is 0.0492 e. The summed E-state index contributed by atoms with van der Waals surface area (Å²) in [6.45, 7) is 2.14. The predicted octanol–water partition coefficient (Wildman–Crippen LogP) is 2.66. The zero-order valence-electron chi connectivity index (χ0n) is 11.1. The van der Waals surface area contributed by atoms with Gasteiger partial charge in [0, 0.05) is 41.9 Å². The van der Waals surface area contributed by atoms with Crippen molar-refractivity contribution in [1.29, 1.82) is 0 Å². The van der Waals surface area contributed by atoms with Crippen molar-refractivity contribution in [2.45, 2.75) is 18.3 Å². The maximum absolute atomic E-state index is 4.24. The van der Waals surface area contributed by atoms with Crippen LogP contribution in [0.2, 0.25) is 0 Å².